The molecule has 2 heterocycles. The number of aryl methyl sites for hydroxylation is 1. The van der Waals surface area contributed by atoms with Gasteiger partial charge in [0, 0.05) is 29.7 Å². The van der Waals surface area contributed by atoms with Crippen LogP contribution in [0.15, 0.2) is 72.8 Å². The van der Waals surface area contributed by atoms with E-state index >= 15 is 0 Å². The van der Waals surface area contributed by atoms with Gasteiger partial charge in [-0.25, -0.2) is 9.78 Å². The summed E-state index contributed by atoms with van der Waals surface area (Å²) < 4.78 is 0. The van der Waals surface area contributed by atoms with Gasteiger partial charge in [-0.3, -0.25) is 5.10 Å². The number of hydrogen-bond acceptors (Lipinski definition) is 4. The summed E-state index contributed by atoms with van der Waals surface area (Å²) in [5.41, 5.74) is 12.1. The minimum atomic E-state index is -0.430. The minimum Gasteiger partial charge on any atom is -0.334 e. The molecule has 0 spiro atoms. The lowest BCUT2D eigenvalue weighted by Gasteiger charge is -2.18. The molecule has 2 amide bonds. The van der Waals surface area contributed by atoms with Crippen LogP contribution >= 0.6 is 11.6 Å². The summed E-state index contributed by atoms with van der Waals surface area (Å²) in [6.07, 6.45) is 0.539. The third kappa shape index (κ3) is 5.66. The number of H-pyrrole nitrogens is 2. The lowest BCUT2D eigenvalue weighted by atomic mass is 10.1. The number of imidazole rings is 1. The number of halogens is 1. The van der Waals surface area contributed by atoms with Crippen molar-refractivity contribution in [2.75, 3.05) is 0 Å². The average Bonchev–Trinajstić information content (AvgIpc) is 3.50. The molecule has 2 aromatic heterocycles. The Kier molecular flexibility index (Phi) is 7.20. The number of fused-ring (bicyclic) bond motifs is 1. The second-order valence-corrected chi connectivity index (χ2v) is 9.34. The molecule has 0 radical (unpaired) electrons. The Balaban J connectivity index is 1.38. The van der Waals surface area contributed by atoms with Gasteiger partial charge in [-0.1, -0.05) is 78.3 Å². The Hall–Kier alpha value is -4.14. The van der Waals surface area contributed by atoms with Crippen LogP contribution in [0.1, 0.15) is 34.3 Å². The number of nitrogens with one attached hydrogen (secondary N) is 4. The smallest absolute Gasteiger partial charge is 0.315 e. The summed E-state index contributed by atoms with van der Waals surface area (Å²) in [6.45, 7) is 2.81. The first kappa shape index (κ1) is 24.5. The van der Waals surface area contributed by atoms with Gasteiger partial charge >= 0.3 is 6.03 Å². The van der Waals surface area contributed by atoms with Crippen molar-refractivity contribution in [2.24, 2.45) is 5.73 Å². The van der Waals surface area contributed by atoms with Crippen molar-refractivity contribution in [3.63, 3.8) is 0 Å². The van der Waals surface area contributed by atoms with E-state index in [1.165, 1.54) is 0 Å². The summed E-state index contributed by atoms with van der Waals surface area (Å²) in [7, 11) is 0. The van der Waals surface area contributed by atoms with E-state index in [0.717, 1.165) is 38.9 Å². The second-order valence-electron chi connectivity index (χ2n) is 8.96. The molecule has 0 unspecified atom stereocenters. The Labute approximate surface area is 219 Å². The number of hydrogen-bond donors (Lipinski definition) is 5. The Morgan fingerprint density at radius 2 is 1.81 bits per heavy atom. The predicted octanol–water partition coefficient (Wildman–Crippen LogP) is 5.16. The number of aromatic nitrogens is 4. The Morgan fingerprint density at radius 1 is 1.03 bits per heavy atom. The fraction of sp³-hybridized carbons (Fsp3) is 0.179. The highest BCUT2D eigenvalue weighted by atomic mass is 35.5. The van der Waals surface area contributed by atoms with Gasteiger partial charge in [-0.2, -0.15) is 5.10 Å². The quantitative estimate of drug-likeness (QED) is 0.196. The van der Waals surface area contributed by atoms with Crippen LogP contribution in [0.5, 0.6) is 0 Å². The van der Waals surface area contributed by atoms with Crippen molar-refractivity contribution in [1.82, 2.24) is 30.8 Å². The number of rotatable bonds is 8. The van der Waals surface area contributed by atoms with Crippen molar-refractivity contribution < 1.29 is 4.79 Å². The number of amides is 2. The molecule has 37 heavy (non-hydrogen) atoms. The number of nitrogens with zero attached hydrogens (tertiary/aromatic N) is 2. The molecular weight excluding hydrogens is 486 g/mol. The maximum atomic E-state index is 12.9. The van der Waals surface area contributed by atoms with Crippen LogP contribution in [0.4, 0.5) is 4.79 Å². The summed E-state index contributed by atoms with van der Waals surface area (Å²) in [5.74, 6) is 0.572. The molecular formula is C28H28ClN7O. The number of nitrogens with two attached hydrogens (primary N) is 1. The lowest BCUT2D eigenvalue weighted by Crippen LogP contribution is -2.38. The third-order valence-electron chi connectivity index (χ3n) is 6.30. The van der Waals surface area contributed by atoms with Gasteiger partial charge in [0.15, 0.2) is 0 Å². The van der Waals surface area contributed by atoms with E-state index < -0.39 is 6.04 Å². The molecule has 0 saturated heterocycles. The molecule has 0 saturated carbocycles. The van der Waals surface area contributed by atoms with E-state index in [0.29, 0.717) is 36.2 Å². The first-order chi connectivity index (χ1) is 18.0. The van der Waals surface area contributed by atoms with E-state index in [-0.39, 0.29) is 6.03 Å². The molecule has 6 N–H and O–H groups in total. The number of carbonyl (C=O) groups excluding carboxylic acids is 1. The molecule has 3 aromatic carbocycles. The van der Waals surface area contributed by atoms with Crippen molar-refractivity contribution >= 4 is 28.5 Å². The van der Waals surface area contributed by atoms with Gasteiger partial charge in [0.25, 0.3) is 0 Å². The van der Waals surface area contributed by atoms with Gasteiger partial charge in [-0.05, 0) is 36.1 Å². The Bertz CT molecular complexity index is 1530. The molecule has 0 aliphatic carbocycles. The SMILES string of the molecule is Cc1[nH]nc2cc(-c3nc([C@H](Cc4ccccc4)NC(=O)NCc4cccc(CN)c4)[nH]c3Cl)ccc12. The predicted molar refractivity (Wildman–Crippen MR) is 146 cm³/mol. The first-order valence-corrected chi connectivity index (χ1v) is 12.4. The van der Waals surface area contributed by atoms with Gasteiger partial charge in [0.05, 0.1) is 11.6 Å². The molecule has 0 fully saturated rings. The first-order valence-electron chi connectivity index (χ1n) is 12.1. The van der Waals surface area contributed by atoms with Crippen LogP contribution < -0.4 is 16.4 Å². The highest BCUT2D eigenvalue weighted by molar-refractivity contribution is 6.32. The summed E-state index contributed by atoms with van der Waals surface area (Å²) in [6, 6.07) is 23.0. The zero-order chi connectivity index (χ0) is 25.8. The van der Waals surface area contributed by atoms with E-state index in [1.54, 1.807) is 0 Å². The monoisotopic (exact) mass is 513 g/mol. The number of aromatic amines is 2. The van der Waals surface area contributed by atoms with Crippen LogP contribution in [0.25, 0.3) is 22.2 Å². The summed E-state index contributed by atoms with van der Waals surface area (Å²) in [4.78, 5) is 20.9. The van der Waals surface area contributed by atoms with E-state index in [9.17, 15) is 4.79 Å². The zero-order valence-electron chi connectivity index (χ0n) is 20.4. The van der Waals surface area contributed by atoms with Crippen LogP contribution in [0.2, 0.25) is 5.15 Å². The minimum absolute atomic E-state index is 0.304. The van der Waals surface area contributed by atoms with Crippen LogP contribution in [0, 0.1) is 6.92 Å². The molecule has 5 aromatic rings. The largest absolute Gasteiger partial charge is 0.334 e. The maximum absolute atomic E-state index is 12.9. The third-order valence-corrected chi connectivity index (χ3v) is 6.57. The summed E-state index contributed by atoms with van der Waals surface area (Å²) in [5, 5.41) is 14.8. The van der Waals surface area contributed by atoms with Crippen LogP contribution in [-0.4, -0.2) is 26.2 Å². The van der Waals surface area contributed by atoms with Crippen molar-refractivity contribution in [3.8, 4) is 11.3 Å². The molecule has 8 nitrogen and oxygen atoms in total. The highest BCUT2D eigenvalue weighted by Crippen LogP contribution is 2.30. The standard InChI is InChI=1S/C28H28ClN7O/c1-17-22-11-10-21(14-23(22)36-35-17)25-26(29)34-27(33-25)24(13-18-6-3-2-4-7-18)32-28(37)31-16-20-9-5-8-19(12-20)15-30/h2-12,14,24H,13,15-16,30H2,1H3,(H,33,34)(H,35,36)(H2,31,32,37)/t24-/m0/s1. The van der Waals surface area contributed by atoms with Crippen molar-refractivity contribution in [2.45, 2.75) is 32.5 Å². The summed E-state index contributed by atoms with van der Waals surface area (Å²) >= 11 is 6.60. The molecule has 5 rings (SSSR count). The van der Waals surface area contributed by atoms with Gasteiger partial charge < -0.3 is 21.4 Å². The molecule has 1 atom stereocenters. The van der Waals surface area contributed by atoms with E-state index in [4.69, 9.17) is 22.3 Å². The normalized spacial score (nSPS) is 12.0. The average molecular weight is 514 g/mol. The van der Waals surface area contributed by atoms with E-state index in [1.807, 2.05) is 79.7 Å². The van der Waals surface area contributed by atoms with Crippen LogP contribution in [0.3, 0.4) is 0 Å². The highest BCUT2D eigenvalue weighted by Gasteiger charge is 2.22. The second kappa shape index (κ2) is 10.9. The Morgan fingerprint density at radius 3 is 2.62 bits per heavy atom. The lowest BCUT2D eigenvalue weighted by molar-refractivity contribution is 0.236. The zero-order valence-corrected chi connectivity index (χ0v) is 21.1. The van der Waals surface area contributed by atoms with Gasteiger partial charge in [0.2, 0.25) is 0 Å². The number of carbonyl (C=O) groups is 1. The van der Waals surface area contributed by atoms with Crippen molar-refractivity contribution in [3.05, 3.63) is 106 Å². The van der Waals surface area contributed by atoms with Crippen LogP contribution in [-0.2, 0) is 19.5 Å². The number of benzene rings is 3. The fourth-order valence-electron chi connectivity index (χ4n) is 4.34. The van der Waals surface area contributed by atoms with Gasteiger partial charge in [-0.15, -0.1) is 0 Å². The number of urea groups is 1. The topological polar surface area (TPSA) is 125 Å². The molecule has 0 aliphatic heterocycles. The van der Waals surface area contributed by atoms with Gasteiger partial charge in [0.1, 0.15) is 16.7 Å². The maximum Gasteiger partial charge on any atom is 0.315 e. The van der Waals surface area contributed by atoms with E-state index in [2.05, 4.69) is 25.8 Å². The fourth-order valence-corrected chi connectivity index (χ4v) is 4.59. The molecule has 9 heteroatoms. The molecule has 0 aliphatic rings. The van der Waals surface area contributed by atoms with Crippen molar-refractivity contribution in [1.29, 1.82) is 0 Å². The molecule has 0 bridgehead atoms. The molecule has 188 valence electrons.